The summed E-state index contributed by atoms with van der Waals surface area (Å²) in [4.78, 5) is 11.8. The Hall–Kier alpha value is -2.17. The zero-order valence-corrected chi connectivity index (χ0v) is 11.0. The second-order valence-corrected chi connectivity index (χ2v) is 4.54. The maximum Gasteiger partial charge on any atom is 0.220 e. The first-order valence-electron chi connectivity index (χ1n) is 6.33. The van der Waals surface area contributed by atoms with E-state index in [0.717, 1.165) is 17.9 Å². The van der Waals surface area contributed by atoms with Gasteiger partial charge in [-0.3, -0.25) is 4.79 Å². The minimum absolute atomic E-state index is 0.168. The van der Waals surface area contributed by atoms with E-state index in [4.69, 9.17) is 4.42 Å². The third kappa shape index (κ3) is 3.66. The molecule has 1 aromatic heterocycles. The number of amides is 1. The summed E-state index contributed by atoms with van der Waals surface area (Å²) in [6.07, 6.45) is 2.34. The highest BCUT2D eigenvalue weighted by molar-refractivity contribution is 5.76. The standard InChI is InChI=1S/C15H15F2NO2/c1-10(11-4-6-13(16)14(17)9-11)18-15(19)7-5-12-3-2-8-20-12/h2-4,6,8-10H,5,7H2,1H3,(H,18,19). The summed E-state index contributed by atoms with van der Waals surface area (Å²) in [5.74, 6) is -1.25. The Labute approximate surface area is 115 Å². The Morgan fingerprint density at radius 3 is 2.75 bits per heavy atom. The molecule has 1 heterocycles. The molecular weight excluding hydrogens is 264 g/mol. The fraction of sp³-hybridized carbons (Fsp3) is 0.267. The van der Waals surface area contributed by atoms with Crippen molar-refractivity contribution in [2.75, 3.05) is 0 Å². The van der Waals surface area contributed by atoms with Gasteiger partial charge in [0.2, 0.25) is 5.91 Å². The maximum atomic E-state index is 13.1. The van der Waals surface area contributed by atoms with Crippen LogP contribution in [0.25, 0.3) is 0 Å². The lowest BCUT2D eigenvalue weighted by atomic mass is 10.1. The predicted octanol–water partition coefficient (Wildman–Crippen LogP) is 3.37. The van der Waals surface area contributed by atoms with E-state index in [0.29, 0.717) is 12.0 Å². The number of furan rings is 1. The largest absolute Gasteiger partial charge is 0.469 e. The van der Waals surface area contributed by atoms with Crippen LogP contribution in [0.5, 0.6) is 0 Å². The average Bonchev–Trinajstić information content (AvgIpc) is 2.92. The lowest BCUT2D eigenvalue weighted by Gasteiger charge is -2.14. The summed E-state index contributed by atoms with van der Waals surface area (Å²) >= 11 is 0. The molecule has 0 radical (unpaired) electrons. The Bertz CT molecular complexity index is 582. The maximum absolute atomic E-state index is 13.1. The van der Waals surface area contributed by atoms with Gasteiger partial charge in [-0.05, 0) is 36.8 Å². The lowest BCUT2D eigenvalue weighted by molar-refractivity contribution is -0.121. The Morgan fingerprint density at radius 2 is 2.10 bits per heavy atom. The first-order valence-corrected chi connectivity index (χ1v) is 6.33. The Kier molecular flexibility index (Phi) is 4.50. The van der Waals surface area contributed by atoms with Crippen LogP contribution in [0, 0.1) is 11.6 Å². The van der Waals surface area contributed by atoms with Crippen molar-refractivity contribution < 1.29 is 18.0 Å². The van der Waals surface area contributed by atoms with E-state index in [1.54, 1.807) is 25.3 Å². The highest BCUT2D eigenvalue weighted by atomic mass is 19.2. The number of nitrogens with one attached hydrogen (secondary N) is 1. The first kappa shape index (κ1) is 14.2. The number of carbonyl (C=O) groups excluding carboxylic acids is 1. The zero-order valence-electron chi connectivity index (χ0n) is 11.0. The van der Waals surface area contributed by atoms with E-state index in [-0.39, 0.29) is 18.4 Å². The number of aryl methyl sites for hydroxylation is 1. The summed E-state index contributed by atoms with van der Waals surface area (Å²) in [6, 6.07) is 6.77. The number of benzene rings is 1. The van der Waals surface area contributed by atoms with Gasteiger partial charge in [-0.2, -0.15) is 0 Å². The third-order valence-electron chi connectivity index (χ3n) is 3.00. The molecule has 1 atom stereocenters. The second kappa shape index (κ2) is 6.32. The van der Waals surface area contributed by atoms with Gasteiger partial charge in [-0.15, -0.1) is 0 Å². The topological polar surface area (TPSA) is 42.2 Å². The summed E-state index contributed by atoms with van der Waals surface area (Å²) in [5.41, 5.74) is 0.523. The Balaban J connectivity index is 1.88. The molecule has 0 saturated heterocycles. The van der Waals surface area contributed by atoms with E-state index in [2.05, 4.69) is 5.32 Å². The third-order valence-corrected chi connectivity index (χ3v) is 3.00. The molecule has 0 saturated carbocycles. The van der Waals surface area contributed by atoms with Gasteiger partial charge in [0.25, 0.3) is 0 Å². The van der Waals surface area contributed by atoms with Crippen molar-refractivity contribution in [2.45, 2.75) is 25.8 Å². The summed E-state index contributed by atoms with van der Waals surface area (Å²) in [5, 5.41) is 2.74. The molecule has 1 N–H and O–H groups in total. The van der Waals surface area contributed by atoms with Crippen molar-refractivity contribution in [3.8, 4) is 0 Å². The SMILES string of the molecule is CC(NC(=O)CCc1ccco1)c1ccc(F)c(F)c1. The predicted molar refractivity (Wildman–Crippen MR) is 69.9 cm³/mol. The van der Waals surface area contributed by atoms with Gasteiger partial charge in [0.1, 0.15) is 5.76 Å². The molecule has 0 bridgehead atoms. The molecule has 0 aliphatic rings. The molecule has 0 spiro atoms. The van der Waals surface area contributed by atoms with Crippen LogP contribution in [0.3, 0.4) is 0 Å². The van der Waals surface area contributed by atoms with Gasteiger partial charge >= 0.3 is 0 Å². The van der Waals surface area contributed by atoms with Crippen LogP contribution >= 0.6 is 0 Å². The molecule has 1 amide bonds. The summed E-state index contributed by atoms with van der Waals surface area (Å²) in [7, 11) is 0. The first-order chi connectivity index (χ1) is 9.56. The van der Waals surface area contributed by atoms with Crippen LogP contribution in [0.15, 0.2) is 41.0 Å². The molecule has 2 rings (SSSR count). The minimum atomic E-state index is -0.917. The molecule has 0 fully saturated rings. The number of carbonyl (C=O) groups is 1. The van der Waals surface area contributed by atoms with Crippen molar-refractivity contribution in [1.29, 1.82) is 0 Å². The lowest BCUT2D eigenvalue weighted by Crippen LogP contribution is -2.26. The fourth-order valence-electron chi connectivity index (χ4n) is 1.87. The molecule has 0 aliphatic heterocycles. The number of rotatable bonds is 5. The smallest absolute Gasteiger partial charge is 0.220 e. The molecule has 2 aromatic rings. The van der Waals surface area contributed by atoms with Crippen molar-refractivity contribution >= 4 is 5.91 Å². The molecule has 20 heavy (non-hydrogen) atoms. The fourth-order valence-corrected chi connectivity index (χ4v) is 1.87. The number of halogens is 2. The van der Waals surface area contributed by atoms with E-state index in [9.17, 15) is 13.6 Å². The van der Waals surface area contributed by atoms with Crippen LogP contribution < -0.4 is 5.32 Å². The van der Waals surface area contributed by atoms with Crippen molar-refractivity contribution in [3.05, 3.63) is 59.6 Å². The van der Waals surface area contributed by atoms with Gasteiger partial charge in [-0.1, -0.05) is 6.07 Å². The molecule has 3 nitrogen and oxygen atoms in total. The van der Waals surface area contributed by atoms with Crippen LogP contribution in [0.1, 0.15) is 30.7 Å². The molecular formula is C15H15F2NO2. The molecule has 0 aliphatic carbocycles. The average molecular weight is 279 g/mol. The van der Waals surface area contributed by atoms with Crippen LogP contribution in [0.2, 0.25) is 0 Å². The number of hydrogen-bond donors (Lipinski definition) is 1. The van der Waals surface area contributed by atoms with Crippen molar-refractivity contribution in [1.82, 2.24) is 5.32 Å². The molecule has 5 heteroatoms. The van der Waals surface area contributed by atoms with Crippen molar-refractivity contribution in [3.63, 3.8) is 0 Å². The zero-order chi connectivity index (χ0) is 14.5. The van der Waals surface area contributed by atoms with Gasteiger partial charge in [0, 0.05) is 12.8 Å². The number of hydrogen-bond acceptors (Lipinski definition) is 2. The van der Waals surface area contributed by atoms with E-state index in [1.807, 2.05) is 0 Å². The normalized spacial score (nSPS) is 12.2. The quantitative estimate of drug-likeness (QED) is 0.911. The van der Waals surface area contributed by atoms with Gasteiger partial charge in [0.15, 0.2) is 11.6 Å². The second-order valence-electron chi connectivity index (χ2n) is 4.54. The minimum Gasteiger partial charge on any atom is -0.469 e. The highest BCUT2D eigenvalue weighted by Crippen LogP contribution is 2.16. The van der Waals surface area contributed by atoms with E-state index in [1.165, 1.54) is 6.07 Å². The monoisotopic (exact) mass is 279 g/mol. The van der Waals surface area contributed by atoms with Gasteiger partial charge < -0.3 is 9.73 Å². The van der Waals surface area contributed by atoms with Crippen LogP contribution in [-0.4, -0.2) is 5.91 Å². The summed E-state index contributed by atoms with van der Waals surface area (Å²) in [6.45, 7) is 1.72. The Morgan fingerprint density at radius 1 is 1.30 bits per heavy atom. The van der Waals surface area contributed by atoms with Crippen LogP contribution in [0.4, 0.5) is 8.78 Å². The van der Waals surface area contributed by atoms with Gasteiger partial charge in [-0.25, -0.2) is 8.78 Å². The molecule has 1 aromatic carbocycles. The van der Waals surface area contributed by atoms with E-state index >= 15 is 0 Å². The highest BCUT2D eigenvalue weighted by Gasteiger charge is 2.12. The van der Waals surface area contributed by atoms with Gasteiger partial charge in [0.05, 0.1) is 12.3 Å². The molecule has 106 valence electrons. The van der Waals surface area contributed by atoms with E-state index < -0.39 is 11.6 Å². The van der Waals surface area contributed by atoms with Crippen LogP contribution in [-0.2, 0) is 11.2 Å². The van der Waals surface area contributed by atoms with Crippen molar-refractivity contribution in [2.24, 2.45) is 0 Å². The molecule has 1 unspecified atom stereocenters. The summed E-state index contributed by atoms with van der Waals surface area (Å²) < 4.78 is 31.1.